The Morgan fingerprint density at radius 1 is 1.56 bits per heavy atom. The molecule has 1 aromatic rings. The smallest absolute Gasteiger partial charge is 0.259 e. The van der Waals surface area contributed by atoms with Gasteiger partial charge in [0.25, 0.3) is 5.91 Å². The van der Waals surface area contributed by atoms with Gasteiger partial charge in [0.15, 0.2) is 5.43 Å². The molecule has 1 aliphatic rings. The molecular weight excluding hydrogens is 204 g/mol. The van der Waals surface area contributed by atoms with E-state index >= 15 is 0 Å². The number of H-pyrrole nitrogens is 1. The number of aryl methyl sites for hydroxylation is 1. The van der Waals surface area contributed by atoms with Crippen LogP contribution in [-0.4, -0.2) is 29.4 Å². The molecule has 86 valence electrons. The molecule has 16 heavy (non-hydrogen) atoms. The zero-order valence-electron chi connectivity index (χ0n) is 9.62. The van der Waals surface area contributed by atoms with E-state index in [2.05, 4.69) is 4.98 Å². The molecule has 1 aliphatic carbocycles. The summed E-state index contributed by atoms with van der Waals surface area (Å²) in [6.45, 7) is 2.55. The molecule has 0 bridgehead atoms. The third-order valence-corrected chi connectivity index (χ3v) is 2.86. The third-order valence-electron chi connectivity index (χ3n) is 2.86. The number of rotatable bonds is 3. The fourth-order valence-electron chi connectivity index (χ4n) is 1.72. The van der Waals surface area contributed by atoms with Crippen molar-refractivity contribution in [2.24, 2.45) is 5.92 Å². The van der Waals surface area contributed by atoms with Gasteiger partial charge >= 0.3 is 0 Å². The van der Waals surface area contributed by atoms with Gasteiger partial charge in [-0.25, -0.2) is 0 Å². The Labute approximate surface area is 94.3 Å². The van der Waals surface area contributed by atoms with Gasteiger partial charge in [0, 0.05) is 31.5 Å². The van der Waals surface area contributed by atoms with Crippen molar-refractivity contribution in [2.45, 2.75) is 19.8 Å². The van der Waals surface area contributed by atoms with E-state index in [0.29, 0.717) is 5.92 Å². The fourth-order valence-corrected chi connectivity index (χ4v) is 1.72. The fraction of sp³-hybridized carbons (Fsp3) is 0.500. The van der Waals surface area contributed by atoms with E-state index in [9.17, 15) is 9.59 Å². The predicted molar refractivity (Wildman–Crippen MR) is 61.5 cm³/mol. The van der Waals surface area contributed by atoms with Crippen LogP contribution in [0.4, 0.5) is 0 Å². The minimum atomic E-state index is -0.205. The van der Waals surface area contributed by atoms with Crippen LogP contribution in [0.3, 0.4) is 0 Å². The lowest BCUT2D eigenvalue weighted by Crippen LogP contribution is -2.32. The lowest BCUT2D eigenvalue weighted by Gasteiger charge is -2.16. The molecule has 0 unspecified atom stereocenters. The second-order valence-electron chi connectivity index (χ2n) is 4.52. The Balaban J connectivity index is 2.15. The number of aromatic nitrogens is 1. The molecule has 0 spiro atoms. The first-order valence-electron chi connectivity index (χ1n) is 5.52. The van der Waals surface area contributed by atoms with Crippen LogP contribution in [0.2, 0.25) is 0 Å². The first-order valence-corrected chi connectivity index (χ1v) is 5.52. The van der Waals surface area contributed by atoms with E-state index in [0.717, 1.165) is 12.2 Å². The van der Waals surface area contributed by atoms with Crippen LogP contribution in [0.25, 0.3) is 0 Å². The largest absolute Gasteiger partial charge is 0.364 e. The van der Waals surface area contributed by atoms with E-state index in [-0.39, 0.29) is 16.9 Å². The molecule has 1 heterocycles. The highest BCUT2D eigenvalue weighted by Gasteiger charge is 2.25. The van der Waals surface area contributed by atoms with Crippen molar-refractivity contribution in [3.05, 3.63) is 33.7 Å². The standard InChI is InChI=1S/C12H16N2O2/c1-8-5-11(15)10(6-13-8)12(16)14(2)7-9-3-4-9/h5-6,9H,3-4,7H2,1-2H3,(H,13,15). The number of carbonyl (C=O) groups excluding carboxylic acids is 1. The lowest BCUT2D eigenvalue weighted by atomic mass is 10.2. The van der Waals surface area contributed by atoms with Crippen molar-refractivity contribution in [2.75, 3.05) is 13.6 Å². The van der Waals surface area contributed by atoms with Crippen LogP contribution < -0.4 is 5.43 Å². The van der Waals surface area contributed by atoms with Gasteiger partial charge in [-0.3, -0.25) is 9.59 Å². The summed E-state index contributed by atoms with van der Waals surface area (Å²) in [6, 6.07) is 1.46. The molecule has 0 saturated heterocycles. The summed E-state index contributed by atoms with van der Waals surface area (Å²) in [6.07, 6.45) is 3.90. The highest BCUT2D eigenvalue weighted by Crippen LogP contribution is 2.29. The van der Waals surface area contributed by atoms with Crippen molar-refractivity contribution in [3.63, 3.8) is 0 Å². The van der Waals surface area contributed by atoms with E-state index in [1.54, 1.807) is 18.9 Å². The molecule has 1 fully saturated rings. The Bertz CT molecular complexity index is 460. The third kappa shape index (κ3) is 2.32. The first-order chi connectivity index (χ1) is 7.58. The normalized spacial score (nSPS) is 14.9. The zero-order valence-corrected chi connectivity index (χ0v) is 9.62. The van der Waals surface area contributed by atoms with E-state index in [1.165, 1.54) is 25.1 Å². The highest BCUT2D eigenvalue weighted by atomic mass is 16.2. The van der Waals surface area contributed by atoms with Gasteiger partial charge in [-0.15, -0.1) is 0 Å². The maximum atomic E-state index is 11.9. The average Bonchev–Trinajstić information content (AvgIpc) is 3.00. The van der Waals surface area contributed by atoms with Crippen LogP contribution in [0, 0.1) is 12.8 Å². The van der Waals surface area contributed by atoms with Crippen LogP contribution in [0.5, 0.6) is 0 Å². The molecule has 4 heteroatoms. The van der Waals surface area contributed by atoms with Gasteiger partial charge in [0.1, 0.15) is 5.56 Å². The van der Waals surface area contributed by atoms with Gasteiger partial charge < -0.3 is 9.88 Å². The summed E-state index contributed by atoms with van der Waals surface area (Å²) in [5.74, 6) is 0.451. The second-order valence-corrected chi connectivity index (χ2v) is 4.52. The summed E-state index contributed by atoms with van der Waals surface area (Å²) >= 11 is 0. The number of nitrogens with zero attached hydrogens (tertiary/aromatic N) is 1. The number of hydrogen-bond donors (Lipinski definition) is 1. The van der Waals surface area contributed by atoms with Gasteiger partial charge in [-0.05, 0) is 25.7 Å². The average molecular weight is 220 g/mol. The summed E-state index contributed by atoms with van der Waals surface area (Å²) in [5.41, 5.74) is 0.795. The summed E-state index contributed by atoms with van der Waals surface area (Å²) in [5, 5.41) is 0. The SMILES string of the molecule is Cc1cc(=O)c(C(=O)N(C)CC2CC2)c[nH]1. The van der Waals surface area contributed by atoms with Gasteiger partial charge in [-0.1, -0.05) is 0 Å². The number of pyridine rings is 1. The van der Waals surface area contributed by atoms with Crippen molar-refractivity contribution >= 4 is 5.91 Å². The molecular formula is C12H16N2O2. The zero-order chi connectivity index (χ0) is 11.7. The molecule has 0 aliphatic heterocycles. The van der Waals surface area contributed by atoms with Crippen LogP contribution >= 0.6 is 0 Å². The monoisotopic (exact) mass is 220 g/mol. The van der Waals surface area contributed by atoms with E-state index in [4.69, 9.17) is 0 Å². The maximum Gasteiger partial charge on any atom is 0.259 e. The van der Waals surface area contributed by atoms with Crippen LogP contribution in [0.1, 0.15) is 28.9 Å². The van der Waals surface area contributed by atoms with Crippen LogP contribution in [0.15, 0.2) is 17.1 Å². The Hall–Kier alpha value is -1.58. The first kappa shape index (κ1) is 10.9. The minimum absolute atomic E-state index is 0.187. The molecule has 1 amide bonds. The number of amides is 1. The minimum Gasteiger partial charge on any atom is -0.364 e. The van der Waals surface area contributed by atoms with Crippen molar-refractivity contribution < 1.29 is 4.79 Å². The molecule has 0 aromatic carbocycles. The molecule has 4 nitrogen and oxygen atoms in total. The summed E-state index contributed by atoms with van der Waals surface area (Å²) in [7, 11) is 1.75. The lowest BCUT2D eigenvalue weighted by molar-refractivity contribution is 0.0787. The topological polar surface area (TPSA) is 53.2 Å². The molecule has 1 saturated carbocycles. The number of aromatic amines is 1. The Kier molecular flexibility index (Phi) is 2.81. The summed E-state index contributed by atoms with van der Waals surface area (Å²) < 4.78 is 0. The second kappa shape index (κ2) is 4.12. The van der Waals surface area contributed by atoms with Crippen molar-refractivity contribution in [3.8, 4) is 0 Å². The highest BCUT2D eigenvalue weighted by molar-refractivity contribution is 5.93. The van der Waals surface area contributed by atoms with Gasteiger partial charge in [-0.2, -0.15) is 0 Å². The van der Waals surface area contributed by atoms with Crippen molar-refractivity contribution in [1.29, 1.82) is 0 Å². The molecule has 0 atom stereocenters. The maximum absolute atomic E-state index is 11.9. The predicted octanol–water partition coefficient (Wildman–Crippen LogP) is 1.17. The quantitative estimate of drug-likeness (QED) is 0.831. The van der Waals surface area contributed by atoms with E-state index in [1.807, 2.05) is 0 Å². The Morgan fingerprint density at radius 2 is 2.25 bits per heavy atom. The molecule has 1 aromatic heterocycles. The van der Waals surface area contributed by atoms with Crippen LogP contribution in [-0.2, 0) is 0 Å². The van der Waals surface area contributed by atoms with Gasteiger partial charge in [0.05, 0.1) is 0 Å². The van der Waals surface area contributed by atoms with Gasteiger partial charge in [0.2, 0.25) is 0 Å². The Morgan fingerprint density at radius 3 is 2.81 bits per heavy atom. The number of hydrogen-bond acceptors (Lipinski definition) is 2. The molecule has 2 rings (SSSR count). The number of carbonyl (C=O) groups is 1. The molecule has 0 radical (unpaired) electrons. The number of nitrogens with one attached hydrogen (secondary N) is 1. The van der Waals surface area contributed by atoms with Crippen molar-refractivity contribution in [1.82, 2.24) is 9.88 Å². The van der Waals surface area contributed by atoms with E-state index < -0.39 is 0 Å². The summed E-state index contributed by atoms with van der Waals surface area (Å²) in [4.78, 5) is 28.1. The molecule has 1 N–H and O–H groups in total.